The Morgan fingerprint density at radius 2 is 2.00 bits per heavy atom. The van der Waals surface area contributed by atoms with E-state index in [4.69, 9.17) is 5.11 Å². The van der Waals surface area contributed by atoms with Gasteiger partial charge in [0.15, 0.2) is 5.78 Å². The van der Waals surface area contributed by atoms with Gasteiger partial charge >= 0.3 is 5.97 Å². The van der Waals surface area contributed by atoms with Crippen LogP contribution in [0.1, 0.15) is 33.3 Å². The predicted molar refractivity (Wildman–Crippen MR) is 60.0 cm³/mol. The van der Waals surface area contributed by atoms with E-state index in [2.05, 4.69) is 4.98 Å². The average Bonchev–Trinajstić information content (AvgIpc) is 2.51. The van der Waals surface area contributed by atoms with Crippen LogP contribution < -0.4 is 0 Å². The number of aromatic carboxylic acids is 1. The molecule has 0 unspecified atom stereocenters. The number of hydrogen-bond donors (Lipinski definition) is 2. The third kappa shape index (κ3) is 1.48. The molecular weight excluding hydrogens is 206 g/mol. The highest BCUT2D eigenvalue weighted by Gasteiger charge is 2.14. The van der Waals surface area contributed by atoms with Gasteiger partial charge in [-0.1, -0.05) is 0 Å². The minimum Gasteiger partial charge on any atom is -0.478 e. The Bertz CT molecular complexity index is 596. The Labute approximate surface area is 91.9 Å². The van der Waals surface area contributed by atoms with Gasteiger partial charge in [-0.3, -0.25) is 4.79 Å². The Kier molecular flexibility index (Phi) is 2.27. The van der Waals surface area contributed by atoms with Crippen LogP contribution in [0.4, 0.5) is 0 Å². The van der Waals surface area contributed by atoms with E-state index in [1.807, 2.05) is 0 Å². The van der Waals surface area contributed by atoms with Gasteiger partial charge in [-0.15, -0.1) is 0 Å². The number of aromatic nitrogens is 1. The molecule has 1 aromatic heterocycles. The molecule has 0 aliphatic carbocycles. The number of Topliss-reactive ketones (excluding diaryl/α,β-unsaturated/α-hetero) is 1. The Hall–Kier alpha value is -2.10. The van der Waals surface area contributed by atoms with Crippen molar-refractivity contribution in [2.45, 2.75) is 13.8 Å². The molecule has 1 heterocycles. The van der Waals surface area contributed by atoms with Crippen molar-refractivity contribution in [3.8, 4) is 0 Å². The third-order valence-electron chi connectivity index (χ3n) is 2.59. The van der Waals surface area contributed by atoms with E-state index in [0.717, 1.165) is 11.2 Å². The summed E-state index contributed by atoms with van der Waals surface area (Å²) in [6, 6.07) is 4.72. The number of hydrogen-bond acceptors (Lipinski definition) is 2. The van der Waals surface area contributed by atoms with Crippen molar-refractivity contribution in [1.82, 2.24) is 4.98 Å². The second-order valence-electron chi connectivity index (χ2n) is 3.75. The van der Waals surface area contributed by atoms with Crippen LogP contribution in [-0.4, -0.2) is 21.8 Å². The topological polar surface area (TPSA) is 70.2 Å². The van der Waals surface area contributed by atoms with Gasteiger partial charge in [0.25, 0.3) is 0 Å². The van der Waals surface area contributed by atoms with Crippen LogP contribution in [0.15, 0.2) is 18.2 Å². The normalized spacial score (nSPS) is 10.6. The van der Waals surface area contributed by atoms with Crippen LogP contribution in [0.25, 0.3) is 10.9 Å². The summed E-state index contributed by atoms with van der Waals surface area (Å²) in [5, 5.41) is 9.56. The van der Waals surface area contributed by atoms with E-state index in [1.54, 1.807) is 13.0 Å². The fraction of sp³-hybridized carbons (Fsp3) is 0.167. The van der Waals surface area contributed by atoms with Crippen molar-refractivity contribution in [2.24, 2.45) is 0 Å². The molecule has 0 amide bonds. The van der Waals surface area contributed by atoms with Crippen LogP contribution in [0.2, 0.25) is 0 Å². The van der Waals surface area contributed by atoms with Gasteiger partial charge < -0.3 is 10.1 Å². The second kappa shape index (κ2) is 3.48. The van der Waals surface area contributed by atoms with Crippen molar-refractivity contribution in [1.29, 1.82) is 0 Å². The SMILES string of the molecule is CC(=O)c1c(C)[nH]c2ccc(C(=O)O)cc12. The van der Waals surface area contributed by atoms with Crippen molar-refractivity contribution in [3.63, 3.8) is 0 Å². The maximum atomic E-state index is 11.5. The first-order valence-corrected chi connectivity index (χ1v) is 4.87. The van der Waals surface area contributed by atoms with Gasteiger partial charge in [0.2, 0.25) is 0 Å². The molecule has 0 saturated heterocycles. The largest absolute Gasteiger partial charge is 0.478 e. The number of benzene rings is 1. The maximum absolute atomic E-state index is 11.5. The molecule has 0 aliphatic rings. The molecule has 1 aromatic carbocycles. The van der Waals surface area contributed by atoms with Crippen LogP contribution >= 0.6 is 0 Å². The molecule has 0 saturated carbocycles. The van der Waals surface area contributed by atoms with E-state index >= 15 is 0 Å². The zero-order chi connectivity index (χ0) is 11.9. The number of ketones is 1. The summed E-state index contributed by atoms with van der Waals surface area (Å²) in [5.74, 6) is -1.05. The van der Waals surface area contributed by atoms with E-state index in [-0.39, 0.29) is 11.3 Å². The monoisotopic (exact) mass is 217 g/mol. The zero-order valence-electron chi connectivity index (χ0n) is 9.00. The average molecular weight is 217 g/mol. The molecule has 2 aromatic rings. The number of rotatable bonds is 2. The summed E-state index contributed by atoms with van der Waals surface area (Å²) in [4.78, 5) is 25.4. The first-order valence-electron chi connectivity index (χ1n) is 4.87. The van der Waals surface area contributed by atoms with Gasteiger partial charge in [-0.05, 0) is 32.0 Å². The lowest BCUT2D eigenvalue weighted by atomic mass is 10.1. The second-order valence-corrected chi connectivity index (χ2v) is 3.75. The fourth-order valence-corrected chi connectivity index (χ4v) is 1.91. The number of nitrogens with one attached hydrogen (secondary N) is 1. The van der Waals surface area contributed by atoms with E-state index in [9.17, 15) is 9.59 Å². The summed E-state index contributed by atoms with van der Waals surface area (Å²) < 4.78 is 0. The first-order chi connectivity index (χ1) is 7.50. The molecule has 82 valence electrons. The number of fused-ring (bicyclic) bond motifs is 1. The number of aromatic amines is 1. The minimum absolute atomic E-state index is 0.0636. The van der Waals surface area contributed by atoms with E-state index < -0.39 is 5.97 Å². The molecule has 4 heteroatoms. The number of aryl methyl sites for hydroxylation is 1. The van der Waals surface area contributed by atoms with Crippen molar-refractivity contribution in [2.75, 3.05) is 0 Å². The van der Waals surface area contributed by atoms with Crippen molar-refractivity contribution in [3.05, 3.63) is 35.0 Å². The van der Waals surface area contributed by atoms with Crippen LogP contribution in [0.5, 0.6) is 0 Å². The lowest BCUT2D eigenvalue weighted by Crippen LogP contribution is -1.97. The highest BCUT2D eigenvalue weighted by Crippen LogP contribution is 2.23. The molecule has 0 atom stereocenters. The van der Waals surface area contributed by atoms with Crippen LogP contribution in [-0.2, 0) is 0 Å². The fourth-order valence-electron chi connectivity index (χ4n) is 1.91. The highest BCUT2D eigenvalue weighted by atomic mass is 16.4. The molecule has 0 spiro atoms. The summed E-state index contributed by atoms with van der Waals surface area (Å²) >= 11 is 0. The van der Waals surface area contributed by atoms with Crippen molar-refractivity contribution >= 4 is 22.7 Å². The van der Waals surface area contributed by atoms with E-state index in [0.29, 0.717) is 10.9 Å². The van der Waals surface area contributed by atoms with E-state index in [1.165, 1.54) is 19.1 Å². The maximum Gasteiger partial charge on any atom is 0.335 e. The summed E-state index contributed by atoms with van der Waals surface area (Å²) in [5.41, 5.74) is 2.31. The summed E-state index contributed by atoms with van der Waals surface area (Å²) in [7, 11) is 0. The molecule has 0 bridgehead atoms. The van der Waals surface area contributed by atoms with Crippen LogP contribution in [0, 0.1) is 6.92 Å². The lowest BCUT2D eigenvalue weighted by molar-refractivity contribution is 0.0696. The van der Waals surface area contributed by atoms with Gasteiger partial charge in [-0.2, -0.15) is 0 Å². The zero-order valence-corrected chi connectivity index (χ0v) is 9.00. The Morgan fingerprint density at radius 1 is 1.31 bits per heavy atom. The number of carboxylic acid groups (broad SMARTS) is 1. The molecule has 2 N–H and O–H groups in total. The van der Waals surface area contributed by atoms with Crippen LogP contribution in [0.3, 0.4) is 0 Å². The smallest absolute Gasteiger partial charge is 0.335 e. The molecule has 2 rings (SSSR count). The summed E-state index contributed by atoms with van der Waals surface area (Å²) in [6.45, 7) is 3.28. The van der Waals surface area contributed by atoms with Gasteiger partial charge in [0.1, 0.15) is 0 Å². The quantitative estimate of drug-likeness (QED) is 0.758. The molecule has 0 fully saturated rings. The van der Waals surface area contributed by atoms with Gasteiger partial charge in [0.05, 0.1) is 5.56 Å². The van der Waals surface area contributed by atoms with Crippen molar-refractivity contribution < 1.29 is 14.7 Å². The third-order valence-corrected chi connectivity index (χ3v) is 2.59. The number of carbonyl (C=O) groups is 2. The summed E-state index contributed by atoms with van der Waals surface area (Å²) in [6.07, 6.45) is 0. The standard InChI is InChI=1S/C12H11NO3/c1-6-11(7(2)14)9-5-8(12(15)16)3-4-10(9)13-6/h3-5,13H,1-2H3,(H,15,16). The predicted octanol–water partition coefficient (Wildman–Crippen LogP) is 2.38. The molecule has 4 nitrogen and oxygen atoms in total. The van der Waals surface area contributed by atoms with Gasteiger partial charge in [0, 0.05) is 22.2 Å². The minimum atomic E-state index is -0.991. The molecule has 0 radical (unpaired) electrons. The highest BCUT2D eigenvalue weighted by molar-refractivity contribution is 6.09. The Morgan fingerprint density at radius 3 is 2.56 bits per heavy atom. The molecule has 0 aliphatic heterocycles. The first kappa shape index (κ1) is 10.4. The number of carbonyl (C=O) groups excluding carboxylic acids is 1. The lowest BCUT2D eigenvalue weighted by Gasteiger charge is -1.97. The van der Waals surface area contributed by atoms with Gasteiger partial charge in [-0.25, -0.2) is 4.79 Å². The molecule has 16 heavy (non-hydrogen) atoms. The molecular formula is C12H11NO3. The number of H-pyrrole nitrogens is 1. The number of carboxylic acids is 1. The Balaban J connectivity index is 2.79.